The van der Waals surface area contributed by atoms with Crippen LogP contribution in [0.25, 0.3) is 0 Å². The molecule has 0 fully saturated rings. The lowest BCUT2D eigenvalue weighted by Gasteiger charge is -2.11. The second kappa shape index (κ2) is 7.25. The van der Waals surface area contributed by atoms with Crippen molar-refractivity contribution in [3.05, 3.63) is 24.3 Å². The fourth-order valence-corrected chi connectivity index (χ4v) is 2.26. The first-order valence-corrected chi connectivity index (χ1v) is 7.92. The maximum atomic E-state index is 11.1. The minimum Gasteiger partial charge on any atom is -0.481 e. The third kappa shape index (κ3) is 6.03. The predicted molar refractivity (Wildman–Crippen MR) is 77.0 cm³/mol. The summed E-state index contributed by atoms with van der Waals surface area (Å²) in [5.41, 5.74) is 0.808. The molecule has 0 amide bonds. The number of anilines is 1. The fourth-order valence-electron chi connectivity index (χ4n) is 1.74. The van der Waals surface area contributed by atoms with Crippen molar-refractivity contribution in [1.29, 1.82) is 0 Å². The summed E-state index contributed by atoms with van der Waals surface area (Å²) >= 11 is 0. The first kappa shape index (κ1) is 16.5. The predicted octanol–water partition coefficient (Wildman–Crippen LogP) is 1.64. The van der Waals surface area contributed by atoms with Gasteiger partial charge in [-0.3, -0.25) is 4.79 Å². The zero-order chi connectivity index (χ0) is 15.2. The number of benzene rings is 1. The van der Waals surface area contributed by atoms with E-state index in [0.29, 0.717) is 18.9 Å². The number of hydrogen-bond donors (Lipinski definition) is 3. The Bertz CT molecular complexity index is 540. The monoisotopic (exact) mass is 300 g/mol. The molecular formula is C13H20N2O4S. The Morgan fingerprint density at radius 3 is 2.40 bits per heavy atom. The highest BCUT2D eigenvalue weighted by molar-refractivity contribution is 7.89. The van der Waals surface area contributed by atoms with Crippen molar-refractivity contribution < 1.29 is 18.3 Å². The van der Waals surface area contributed by atoms with Crippen molar-refractivity contribution in [2.45, 2.75) is 31.1 Å². The van der Waals surface area contributed by atoms with E-state index >= 15 is 0 Å². The number of carboxylic acid groups (broad SMARTS) is 1. The first-order chi connectivity index (χ1) is 9.29. The molecular weight excluding hydrogens is 280 g/mol. The smallest absolute Gasteiger partial charge is 0.303 e. The van der Waals surface area contributed by atoms with Crippen molar-refractivity contribution in [3.63, 3.8) is 0 Å². The Morgan fingerprint density at radius 1 is 1.30 bits per heavy atom. The van der Waals surface area contributed by atoms with Crippen LogP contribution in [0.5, 0.6) is 0 Å². The molecule has 0 saturated carbocycles. The summed E-state index contributed by atoms with van der Waals surface area (Å²) < 4.78 is 22.2. The van der Waals surface area contributed by atoms with Crippen molar-refractivity contribution >= 4 is 21.7 Å². The van der Waals surface area contributed by atoms with Crippen molar-refractivity contribution in [3.8, 4) is 0 Å². The van der Waals surface area contributed by atoms with Crippen LogP contribution in [0.1, 0.15) is 26.2 Å². The number of aliphatic carboxylic acids is 1. The van der Waals surface area contributed by atoms with Crippen LogP contribution in [0.15, 0.2) is 29.2 Å². The highest BCUT2D eigenvalue weighted by Crippen LogP contribution is 2.14. The summed E-state index contributed by atoms with van der Waals surface area (Å²) in [7, 11) is -3.65. The van der Waals surface area contributed by atoms with Gasteiger partial charge in [-0.05, 0) is 43.0 Å². The molecule has 0 aliphatic rings. The normalized spacial score (nSPS) is 12.9. The first-order valence-electron chi connectivity index (χ1n) is 6.37. The molecule has 20 heavy (non-hydrogen) atoms. The molecule has 1 atom stereocenters. The van der Waals surface area contributed by atoms with Crippen LogP contribution in [0.4, 0.5) is 5.69 Å². The van der Waals surface area contributed by atoms with Crippen LogP contribution in [0, 0.1) is 5.92 Å². The standard InChI is InChI=1S/C13H20N2O4S/c1-10(2-7-13(16)17)8-9-15-11-3-5-12(6-4-11)20(14,18)19/h3-6,10,15H,2,7-9H2,1H3,(H,16,17)(H2,14,18,19). The third-order valence-electron chi connectivity index (χ3n) is 3.00. The molecule has 1 aromatic rings. The number of nitrogens with two attached hydrogens (primary N) is 1. The Kier molecular flexibility index (Phi) is 5.97. The lowest BCUT2D eigenvalue weighted by atomic mass is 10.0. The number of primary sulfonamides is 1. The van der Waals surface area contributed by atoms with Gasteiger partial charge in [0, 0.05) is 18.7 Å². The molecule has 0 aliphatic carbocycles. The molecule has 0 saturated heterocycles. The highest BCUT2D eigenvalue weighted by atomic mass is 32.2. The van der Waals surface area contributed by atoms with Gasteiger partial charge >= 0.3 is 5.97 Å². The maximum absolute atomic E-state index is 11.1. The minimum atomic E-state index is -3.65. The Labute approximate surface area is 119 Å². The molecule has 0 radical (unpaired) electrons. The van der Waals surface area contributed by atoms with Gasteiger partial charge in [0.2, 0.25) is 10.0 Å². The van der Waals surface area contributed by atoms with Crippen LogP contribution in [-0.4, -0.2) is 26.0 Å². The molecule has 1 unspecified atom stereocenters. The van der Waals surface area contributed by atoms with Gasteiger partial charge in [0.1, 0.15) is 0 Å². The number of carboxylic acids is 1. The second-order valence-electron chi connectivity index (χ2n) is 4.82. The highest BCUT2D eigenvalue weighted by Gasteiger charge is 2.07. The molecule has 0 spiro atoms. The molecule has 6 nitrogen and oxygen atoms in total. The topological polar surface area (TPSA) is 109 Å². The SMILES string of the molecule is CC(CCNc1ccc(S(N)(=O)=O)cc1)CCC(=O)O. The zero-order valence-electron chi connectivity index (χ0n) is 11.4. The van der Waals surface area contributed by atoms with Crippen molar-refractivity contribution in [1.82, 2.24) is 0 Å². The van der Waals surface area contributed by atoms with E-state index in [0.717, 1.165) is 12.1 Å². The number of hydrogen-bond acceptors (Lipinski definition) is 4. The van der Waals surface area contributed by atoms with E-state index in [4.69, 9.17) is 10.2 Å². The van der Waals surface area contributed by atoms with Gasteiger partial charge in [0.25, 0.3) is 0 Å². The van der Waals surface area contributed by atoms with Gasteiger partial charge in [-0.15, -0.1) is 0 Å². The van der Waals surface area contributed by atoms with Crippen LogP contribution in [-0.2, 0) is 14.8 Å². The largest absolute Gasteiger partial charge is 0.481 e. The summed E-state index contributed by atoms with van der Waals surface area (Å²) in [6.45, 7) is 2.71. The number of rotatable bonds is 8. The van der Waals surface area contributed by atoms with E-state index in [1.54, 1.807) is 12.1 Å². The van der Waals surface area contributed by atoms with Crippen LogP contribution >= 0.6 is 0 Å². The molecule has 0 heterocycles. The summed E-state index contributed by atoms with van der Waals surface area (Å²) in [6.07, 6.45) is 1.69. The molecule has 0 bridgehead atoms. The quantitative estimate of drug-likeness (QED) is 0.676. The minimum absolute atomic E-state index is 0.0814. The molecule has 0 aromatic heterocycles. The molecule has 4 N–H and O–H groups in total. The summed E-state index contributed by atoms with van der Waals surface area (Å²) in [5.74, 6) is -0.453. The second-order valence-corrected chi connectivity index (χ2v) is 6.38. The number of sulfonamides is 1. The fraction of sp³-hybridized carbons (Fsp3) is 0.462. The van der Waals surface area contributed by atoms with Gasteiger partial charge in [-0.25, -0.2) is 13.6 Å². The zero-order valence-corrected chi connectivity index (χ0v) is 12.2. The van der Waals surface area contributed by atoms with Gasteiger partial charge in [0.15, 0.2) is 0 Å². The Morgan fingerprint density at radius 2 is 1.90 bits per heavy atom. The van der Waals surface area contributed by atoms with E-state index < -0.39 is 16.0 Å². The van der Waals surface area contributed by atoms with E-state index in [-0.39, 0.29) is 11.3 Å². The summed E-state index contributed by atoms with van der Waals surface area (Å²) in [5, 5.41) is 16.7. The Balaban J connectivity index is 2.37. The van der Waals surface area contributed by atoms with Gasteiger partial charge < -0.3 is 10.4 Å². The van der Waals surface area contributed by atoms with Gasteiger partial charge in [0.05, 0.1) is 4.90 Å². The van der Waals surface area contributed by atoms with E-state index in [2.05, 4.69) is 5.32 Å². The van der Waals surface area contributed by atoms with Gasteiger partial charge in [-0.1, -0.05) is 6.92 Å². The molecule has 1 rings (SSSR count). The van der Waals surface area contributed by atoms with Crippen LogP contribution < -0.4 is 10.5 Å². The van der Waals surface area contributed by atoms with Gasteiger partial charge in [-0.2, -0.15) is 0 Å². The molecule has 0 aliphatic heterocycles. The summed E-state index contributed by atoms with van der Waals surface area (Å²) in [4.78, 5) is 10.5. The molecule has 7 heteroatoms. The number of carbonyl (C=O) groups is 1. The van der Waals surface area contributed by atoms with E-state index in [9.17, 15) is 13.2 Å². The van der Waals surface area contributed by atoms with E-state index in [1.807, 2.05) is 6.92 Å². The maximum Gasteiger partial charge on any atom is 0.303 e. The lowest BCUT2D eigenvalue weighted by Crippen LogP contribution is -2.12. The molecule has 1 aromatic carbocycles. The van der Waals surface area contributed by atoms with E-state index in [1.165, 1.54) is 12.1 Å². The van der Waals surface area contributed by atoms with Crippen LogP contribution in [0.3, 0.4) is 0 Å². The van der Waals surface area contributed by atoms with Crippen LogP contribution in [0.2, 0.25) is 0 Å². The van der Waals surface area contributed by atoms with Crippen molar-refractivity contribution in [2.24, 2.45) is 11.1 Å². The average Bonchev–Trinajstić information content (AvgIpc) is 2.36. The lowest BCUT2D eigenvalue weighted by molar-refractivity contribution is -0.137. The summed E-state index contributed by atoms with van der Waals surface area (Å²) in [6, 6.07) is 6.21. The third-order valence-corrected chi connectivity index (χ3v) is 3.93. The Hall–Kier alpha value is -1.60. The number of nitrogens with one attached hydrogen (secondary N) is 1. The average molecular weight is 300 g/mol. The van der Waals surface area contributed by atoms with Crippen molar-refractivity contribution in [2.75, 3.05) is 11.9 Å². The molecule has 112 valence electrons.